The number of carbonyl (C=O) groups is 3. The Morgan fingerprint density at radius 1 is 1.15 bits per heavy atom. The number of carbonyl (C=O) groups excluding carboxylic acids is 3. The summed E-state index contributed by atoms with van der Waals surface area (Å²) < 4.78 is 15.1. The molecule has 1 aromatic carbocycles. The molecule has 0 saturated heterocycles. The van der Waals surface area contributed by atoms with Crippen molar-refractivity contribution in [1.82, 2.24) is 15.1 Å². The first-order chi connectivity index (χ1) is 22.1. The van der Waals surface area contributed by atoms with Crippen LogP contribution in [0, 0.1) is 27.7 Å². The summed E-state index contributed by atoms with van der Waals surface area (Å²) in [5, 5.41) is 40.9. The number of esters is 1. The first kappa shape index (κ1) is 33.2. The fourth-order valence-corrected chi connectivity index (χ4v) is 6.31. The number of amides is 1. The largest absolute Gasteiger partial charge is 0.871 e. The number of benzene rings is 1. The summed E-state index contributed by atoms with van der Waals surface area (Å²) in [7, 11) is 1.51. The van der Waals surface area contributed by atoms with Crippen LogP contribution in [0.4, 0.5) is 0 Å². The smallest absolute Gasteiger partial charge is 0.350 e. The molecule has 0 saturated carbocycles. The van der Waals surface area contributed by atoms with Crippen molar-refractivity contribution in [2.75, 3.05) is 19.7 Å². The number of allylic oxidation sites excluding steroid dienone is 5. The third kappa shape index (κ3) is 5.61. The lowest BCUT2D eigenvalue weighted by atomic mass is 9.79. The summed E-state index contributed by atoms with van der Waals surface area (Å²) in [4.78, 5) is 38.7. The van der Waals surface area contributed by atoms with Gasteiger partial charge >= 0.3 is 5.97 Å². The van der Waals surface area contributed by atoms with Gasteiger partial charge in [0, 0.05) is 54.8 Å². The molecule has 3 aliphatic rings. The van der Waals surface area contributed by atoms with Crippen molar-refractivity contribution >= 4 is 28.9 Å². The van der Waals surface area contributed by atoms with E-state index in [1.54, 1.807) is 32.1 Å². The van der Waals surface area contributed by atoms with Gasteiger partial charge in [-0.1, -0.05) is 5.76 Å². The number of likely N-dealkylation sites (N-methyl/N-ethyl adjacent to an activating group) is 1. The normalized spacial score (nSPS) is 21.5. The molecule has 1 aliphatic heterocycles. The van der Waals surface area contributed by atoms with Gasteiger partial charge in [0.05, 0.1) is 17.0 Å². The van der Waals surface area contributed by atoms with Crippen LogP contribution < -0.4 is 15.2 Å². The second-order valence-corrected chi connectivity index (χ2v) is 12.3. The number of ketones is 1. The highest BCUT2D eigenvalue weighted by Crippen LogP contribution is 2.44. The van der Waals surface area contributed by atoms with Crippen LogP contribution in [0.1, 0.15) is 60.7 Å². The van der Waals surface area contributed by atoms with Gasteiger partial charge in [-0.25, -0.2) is 14.1 Å². The average molecular weight is 645 g/mol. The van der Waals surface area contributed by atoms with Gasteiger partial charge in [0.2, 0.25) is 23.1 Å². The molecular formula is C35H40N4O8. The van der Waals surface area contributed by atoms with Crippen LogP contribution in [0.25, 0.3) is 5.57 Å². The van der Waals surface area contributed by atoms with E-state index in [4.69, 9.17) is 9.47 Å². The number of hydrogen-bond acceptors (Lipinski definition) is 9. The first-order valence-electron chi connectivity index (χ1n) is 15.5. The number of phenols is 1. The van der Waals surface area contributed by atoms with Crippen LogP contribution >= 0.6 is 0 Å². The quantitative estimate of drug-likeness (QED) is 0.233. The molecular weight excluding hydrogens is 604 g/mol. The first-order valence-corrected chi connectivity index (χ1v) is 15.5. The number of nitrogens with one attached hydrogen (secondary N) is 1. The molecule has 1 unspecified atom stereocenters. The predicted molar refractivity (Wildman–Crippen MR) is 171 cm³/mol. The number of aromatic nitrogens is 2. The van der Waals surface area contributed by atoms with Crippen LogP contribution in [0.2, 0.25) is 0 Å². The van der Waals surface area contributed by atoms with E-state index < -0.39 is 23.1 Å². The zero-order chi connectivity index (χ0) is 34.5. The van der Waals surface area contributed by atoms with E-state index in [0.29, 0.717) is 48.6 Å². The highest BCUT2D eigenvalue weighted by Gasteiger charge is 2.42. The summed E-state index contributed by atoms with van der Waals surface area (Å²) in [6, 6.07) is 0. The SMILES string of the molecule is CC/[N+](CCOC(=O)C1(C)CCc2c(C)c(O)c(C)c(C)c2O1)=C1C=C/C(=C2\C(=O)C(c3c(C)nn(C)c3O)=C2[O-])C(NC(C)=O)=C\1. The van der Waals surface area contributed by atoms with Gasteiger partial charge in [-0.3, -0.25) is 9.59 Å². The zero-order valence-corrected chi connectivity index (χ0v) is 28.0. The number of fused-ring (bicyclic) bond motifs is 1. The van der Waals surface area contributed by atoms with Gasteiger partial charge in [0.25, 0.3) is 0 Å². The predicted octanol–water partition coefficient (Wildman–Crippen LogP) is 2.41. The maximum absolute atomic E-state index is 13.3. The van der Waals surface area contributed by atoms with Crippen LogP contribution in [0.5, 0.6) is 17.4 Å². The van der Waals surface area contributed by atoms with Crippen molar-refractivity contribution in [3.8, 4) is 17.4 Å². The maximum Gasteiger partial charge on any atom is 0.350 e. The standard InChI is InChI=1S/C35H40N4O8/c1-9-39(14-15-46-34(45)35(7)13-12-23-19(4)29(41)17(2)18(3)32(23)47-35)22-10-11-24(25(16-22)36-21(6)40)27-30(42)28(31(27)43)26-20(5)37-38(8)33(26)44/h10-11,16H,9,12-15H2,1-8H3,(H3,36,37,40,41,42,43,44). The number of phenolic OH excluding ortho intramolecular Hbond substituents is 1. The minimum atomic E-state index is -1.19. The fraction of sp³-hybridized carbons (Fsp3) is 0.400. The molecule has 1 atom stereocenters. The third-order valence-corrected chi connectivity index (χ3v) is 9.23. The van der Waals surface area contributed by atoms with Gasteiger partial charge in [-0.2, -0.15) is 5.10 Å². The van der Waals surface area contributed by atoms with Gasteiger partial charge in [-0.05, 0) is 70.7 Å². The van der Waals surface area contributed by atoms with Crippen LogP contribution in [0.15, 0.2) is 40.8 Å². The van der Waals surface area contributed by atoms with E-state index in [9.17, 15) is 29.7 Å². The molecule has 0 radical (unpaired) electrons. The molecule has 12 heteroatoms. The Hall–Kier alpha value is -5.13. The number of hydrogen-bond donors (Lipinski definition) is 3. The topological polar surface area (TPSA) is 166 Å². The average Bonchev–Trinajstić information content (AvgIpc) is 3.27. The highest BCUT2D eigenvalue weighted by atomic mass is 16.6. The number of aryl methyl sites for hydroxylation is 2. The number of aromatic hydroxyl groups is 2. The summed E-state index contributed by atoms with van der Waals surface area (Å²) >= 11 is 0. The van der Waals surface area contributed by atoms with E-state index >= 15 is 0 Å². The second-order valence-electron chi connectivity index (χ2n) is 12.3. The number of Topliss-reactive ketones (excluding diaryl/α,β-unsaturated/α-hetero) is 1. The Balaban J connectivity index is 1.36. The Kier molecular flexibility index (Phi) is 8.65. The second kappa shape index (κ2) is 12.2. The Morgan fingerprint density at radius 3 is 2.45 bits per heavy atom. The molecule has 1 aromatic heterocycles. The van der Waals surface area contributed by atoms with Crippen molar-refractivity contribution in [3.05, 3.63) is 74.3 Å². The molecule has 0 bridgehead atoms. The summed E-state index contributed by atoms with van der Waals surface area (Å²) in [6.45, 7) is 13.0. The molecule has 5 rings (SSSR count). The lowest BCUT2D eigenvalue weighted by Crippen LogP contribution is -2.46. The van der Waals surface area contributed by atoms with Crippen molar-refractivity contribution in [2.24, 2.45) is 7.05 Å². The molecule has 12 nitrogen and oxygen atoms in total. The minimum absolute atomic E-state index is 0.0585. The van der Waals surface area contributed by atoms with E-state index in [-0.39, 0.29) is 52.1 Å². The van der Waals surface area contributed by atoms with E-state index in [1.165, 1.54) is 18.7 Å². The van der Waals surface area contributed by atoms with Gasteiger partial charge < -0.3 is 30.1 Å². The summed E-state index contributed by atoms with van der Waals surface area (Å²) in [6.07, 6.45) is 5.97. The van der Waals surface area contributed by atoms with Crippen LogP contribution in [-0.2, 0) is 32.6 Å². The Bertz CT molecular complexity index is 1910. The lowest BCUT2D eigenvalue weighted by molar-refractivity contribution is -0.525. The molecule has 248 valence electrons. The van der Waals surface area contributed by atoms with Crippen molar-refractivity contribution < 1.29 is 43.8 Å². The summed E-state index contributed by atoms with van der Waals surface area (Å²) in [5.74, 6) is -1.37. The van der Waals surface area contributed by atoms with Gasteiger partial charge in [0.1, 0.15) is 24.7 Å². The van der Waals surface area contributed by atoms with E-state index in [0.717, 1.165) is 16.7 Å². The molecule has 0 fully saturated rings. The number of nitrogens with zero attached hydrogens (tertiary/aromatic N) is 3. The molecule has 0 spiro atoms. The van der Waals surface area contributed by atoms with Crippen LogP contribution in [0.3, 0.4) is 0 Å². The molecule has 2 heterocycles. The van der Waals surface area contributed by atoms with Crippen molar-refractivity contribution in [3.63, 3.8) is 0 Å². The minimum Gasteiger partial charge on any atom is -0.871 e. The molecule has 2 aliphatic carbocycles. The van der Waals surface area contributed by atoms with E-state index in [1.807, 2.05) is 32.3 Å². The van der Waals surface area contributed by atoms with Crippen LogP contribution in [-0.4, -0.2) is 73.2 Å². The Labute approximate surface area is 273 Å². The maximum atomic E-state index is 13.3. The summed E-state index contributed by atoms with van der Waals surface area (Å²) in [5.41, 5.74) is 3.42. The van der Waals surface area contributed by atoms with Gasteiger partial charge in [-0.15, -0.1) is 0 Å². The molecule has 1 amide bonds. The van der Waals surface area contributed by atoms with Crippen molar-refractivity contribution in [1.29, 1.82) is 0 Å². The van der Waals surface area contributed by atoms with Crippen molar-refractivity contribution in [2.45, 2.75) is 66.9 Å². The van der Waals surface area contributed by atoms with E-state index in [2.05, 4.69) is 10.4 Å². The highest BCUT2D eigenvalue weighted by molar-refractivity contribution is 6.40. The lowest BCUT2D eigenvalue weighted by Gasteiger charge is -2.35. The Morgan fingerprint density at radius 2 is 1.85 bits per heavy atom. The number of rotatable bonds is 7. The number of ether oxygens (including phenoxy) is 2. The molecule has 3 N–H and O–H groups in total. The molecule has 2 aromatic rings. The van der Waals surface area contributed by atoms with Gasteiger partial charge in [0.15, 0.2) is 12.3 Å². The monoisotopic (exact) mass is 644 g/mol. The molecule has 47 heavy (non-hydrogen) atoms. The third-order valence-electron chi connectivity index (χ3n) is 9.23. The fourth-order valence-electron chi connectivity index (χ4n) is 6.31. The zero-order valence-electron chi connectivity index (χ0n) is 28.0.